The van der Waals surface area contributed by atoms with Crippen LogP contribution in [0.25, 0.3) is 22.6 Å². The molecule has 6 rings (SSSR count). The zero-order valence-corrected chi connectivity index (χ0v) is 21.4. The van der Waals surface area contributed by atoms with E-state index in [1.54, 1.807) is 0 Å². The Kier molecular flexibility index (Phi) is 6.45. The molecule has 5 unspecified atom stereocenters. The summed E-state index contributed by atoms with van der Waals surface area (Å²) < 4.78 is 6.29. The van der Waals surface area contributed by atoms with E-state index in [1.807, 2.05) is 31.2 Å². The number of aliphatic hydroxyl groups excluding tert-OH is 1. The molecular formula is C28H34N6O4. The number of H-pyrrole nitrogens is 1. The second kappa shape index (κ2) is 9.92. The summed E-state index contributed by atoms with van der Waals surface area (Å²) in [5.41, 5.74) is 8.09. The fraction of sp³-hybridized carbons (Fsp3) is 0.464. The number of imidazole rings is 1. The maximum Gasteiger partial charge on any atom is 0.223 e. The monoisotopic (exact) mass is 518 g/mol. The number of aromatic nitrogens is 3. The molecule has 3 aromatic rings. The van der Waals surface area contributed by atoms with Crippen LogP contribution < -0.4 is 15.8 Å². The molecule has 1 amide bonds. The minimum absolute atomic E-state index is 0.0123. The zero-order valence-electron chi connectivity index (χ0n) is 21.4. The molecule has 2 aromatic heterocycles. The summed E-state index contributed by atoms with van der Waals surface area (Å²) >= 11 is 0. The van der Waals surface area contributed by atoms with Gasteiger partial charge in [-0.15, -0.1) is 0 Å². The van der Waals surface area contributed by atoms with Crippen molar-refractivity contribution < 1.29 is 19.7 Å². The lowest BCUT2D eigenvalue weighted by molar-refractivity contribution is -0.122. The van der Waals surface area contributed by atoms with Gasteiger partial charge in [0.05, 0.1) is 18.2 Å². The largest absolute Gasteiger partial charge is 0.504 e. The topological polar surface area (TPSA) is 150 Å². The first-order valence-electron chi connectivity index (χ1n) is 13.3. The van der Waals surface area contributed by atoms with Gasteiger partial charge in [0, 0.05) is 31.2 Å². The molecule has 2 fully saturated rings. The van der Waals surface area contributed by atoms with Crippen LogP contribution in [0.15, 0.2) is 42.6 Å². The lowest BCUT2D eigenvalue weighted by Gasteiger charge is -2.32. The number of fused-ring (bicyclic) bond motifs is 3. The molecule has 10 nitrogen and oxygen atoms in total. The van der Waals surface area contributed by atoms with E-state index in [9.17, 15) is 15.0 Å². The molecule has 1 aliphatic heterocycles. The lowest BCUT2D eigenvalue weighted by Crippen LogP contribution is -2.41. The Bertz CT molecular complexity index is 1360. The number of aliphatic hydroxyl groups is 1. The Morgan fingerprint density at radius 3 is 2.84 bits per heavy atom. The van der Waals surface area contributed by atoms with Gasteiger partial charge in [-0.05, 0) is 50.2 Å². The third-order valence-corrected chi connectivity index (χ3v) is 8.07. The van der Waals surface area contributed by atoms with Gasteiger partial charge in [-0.1, -0.05) is 24.3 Å². The number of β-amino-alcohol motifs (C(OH)–C–C–N with tert-alkyl or cyclic N) is 1. The van der Waals surface area contributed by atoms with E-state index in [1.165, 1.54) is 6.20 Å². The molecule has 2 bridgehead atoms. The van der Waals surface area contributed by atoms with Gasteiger partial charge >= 0.3 is 0 Å². The van der Waals surface area contributed by atoms with E-state index < -0.39 is 0 Å². The highest BCUT2D eigenvalue weighted by Crippen LogP contribution is 2.46. The van der Waals surface area contributed by atoms with Gasteiger partial charge in [-0.2, -0.15) is 0 Å². The van der Waals surface area contributed by atoms with Crippen LogP contribution in [0.1, 0.15) is 26.2 Å². The van der Waals surface area contributed by atoms with Crippen molar-refractivity contribution in [1.82, 2.24) is 19.9 Å². The molecule has 3 heterocycles. The van der Waals surface area contributed by atoms with Gasteiger partial charge in [-0.3, -0.25) is 4.79 Å². The Labute approximate surface area is 220 Å². The Balaban J connectivity index is 1.21. The van der Waals surface area contributed by atoms with Crippen molar-refractivity contribution in [3.63, 3.8) is 0 Å². The lowest BCUT2D eigenvalue weighted by atomic mass is 9.88. The molecule has 2 aliphatic carbocycles. The molecule has 0 radical (unpaired) electrons. The first kappa shape index (κ1) is 24.7. The number of aromatic amines is 1. The Morgan fingerprint density at radius 2 is 2.08 bits per heavy atom. The predicted molar refractivity (Wildman–Crippen MR) is 144 cm³/mol. The molecular weight excluding hydrogens is 484 g/mol. The number of nitrogens with zero attached hydrogens (tertiary/aromatic N) is 3. The Hall–Kier alpha value is -3.63. The van der Waals surface area contributed by atoms with Crippen molar-refractivity contribution in [2.75, 3.05) is 25.0 Å². The number of anilines is 1. The van der Waals surface area contributed by atoms with E-state index in [0.29, 0.717) is 29.2 Å². The highest BCUT2D eigenvalue weighted by atomic mass is 16.5. The number of amides is 1. The zero-order chi connectivity index (χ0) is 26.4. The molecule has 5 atom stereocenters. The summed E-state index contributed by atoms with van der Waals surface area (Å²) in [6.45, 7) is 4.31. The van der Waals surface area contributed by atoms with Crippen molar-refractivity contribution >= 4 is 22.8 Å². The number of aromatic hydroxyl groups is 1. The predicted octanol–water partition coefficient (Wildman–Crippen LogP) is 2.64. The third kappa shape index (κ3) is 4.69. The van der Waals surface area contributed by atoms with E-state index in [-0.39, 0.29) is 47.7 Å². The highest BCUT2D eigenvalue weighted by Gasteiger charge is 2.47. The number of carbonyl (C=O) groups excluding carboxylic acids is 1. The summed E-state index contributed by atoms with van der Waals surface area (Å²) in [4.78, 5) is 26.8. The van der Waals surface area contributed by atoms with Gasteiger partial charge < -0.3 is 35.9 Å². The molecule has 1 saturated heterocycles. The van der Waals surface area contributed by atoms with Crippen LogP contribution in [0.3, 0.4) is 0 Å². The second-order valence-electron chi connectivity index (χ2n) is 10.8. The number of nitrogens with one attached hydrogen (secondary N) is 2. The van der Waals surface area contributed by atoms with Crippen LogP contribution in [0.4, 0.5) is 5.69 Å². The minimum Gasteiger partial charge on any atom is -0.504 e. The van der Waals surface area contributed by atoms with E-state index in [4.69, 9.17) is 10.5 Å². The summed E-state index contributed by atoms with van der Waals surface area (Å²) in [6.07, 6.45) is 8.06. The molecule has 10 heteroatoms. The number of carbonyl (C=O) groups is 1. The number of ether oxygens (including phenoxy) is 1. The molecule has 3 aliphatic rings. The maximum atomic E-state index is 12.2. The summed E-state index contributed by atoms with van der Waals surface area (Å²) in [7, 11) is 0. The normalized spacial score (nSPS) is 26.2. The van der Waals surface area contributed by atoms with Gasteiger partial charge in [0.1, 0.15) is 28.9 Å². The van der Waals surface area contributed by atoms with Crippen molar-refractivity contribution in [2.24, 2.45) is 23.5 Å². The average molecular weight is 519 g/mol. The number of piperidine rings is 1. The average Bonchev–Trinajstić information content (AvgIpc) is 3.62. The fourth-order valence-corrected chi connectivity index (χ4v) is 6.30. The van der Waals surface area contributed by atoms with Crippen molar-refractivity contribution in [2.45, 2.75) is 44.4 Å². The van der Waals surface area contributed by atoms with Gasteiger partial charge in [-0.25, -0.2) is 9.97 Å². The quantitative estimate of drug-likeness (QED) is 0.286. The van der Waals surface area contributed by atoms with Crippen LogP contribution in [0, 0.1) is 17.8 Å². The standard InChI is InChI=1S/C28H34N6O4/c1-15(35)14-34-9-7-19(8-10-34)38-20-4-2-3-18(12-20)27-32-25-24(21(36)13-30-28(25)33-27)31-23-17-6-5-16(11-17)22(23)26(29)37/h2-6,12-13,15-17,19,22-23,35-36H,7-11,14H2,1H3,(H2,29,37)(H2,30,31,32,33). The SMILES string of the molecule is CC(O)CN1CCC(Oc2cccc(-c3nc4ncc(O)c(NC5C6C=CC(C6)C5C(N)=O)c4[nH]3)c2)CC1. The third-order valence-electron chi connectivity index (χ3n) is 8.07. The van der Waals surface area contributed by atoms with E-state index in [0.717, 1.165) is 43.7 Å². The number of rotatable bonds is 8. The van der Waals surface area contributed by atoms with E-state index >= 15 is 0 Å². The molecule has 38 heavy (non-hydrogen) atoms. The van der Waals surface area contributed by atoms with Crippen molar-refractivity contribution in [3.05, 3.63) is 42.6 Å². The van der Waals surface area contributed by atoms with Crippen LogP contribution in [0.2, 0.25) is 0 Å². The van der Waals surface area contributed by atoms with Crippen LogP contribution in [0.5, 0.6) is 11.5 Å². The smallest absolute Gasteiger partial charge is 0.223 e. The van der Waals surface area contributed by atoms with Gasteiger partial charge in [0.25, 0.3) is 0 Å². The Morgan fingerprint density at radius 1 is 1.29 bits per heavy atom. The molecule has 0 spiro atoms. The number of hydrogen-bond acceptors (Lipinski definition) is 8. The van der Waals surface area contributed by atoms with Crippen LogP contribution in [-0.4, -0.2) is 73.9 Å². The van der Waals surface area contributed by atoms with Gasteiger partial charge in [0.2, 0.25) is 5.91 Å². The molecule has 1 aromatic carbocycles. The van der Waals surface area contributed by atoms with E-state index in [2.05, 4.69) is 37.3 Å². The summed E-state index contributed by atoms with van der Waals surface area (Å²) in [5.74, 6) is 1.00. The number of primary amides is 1. The summed E-state index contributed by atoms with van der Waals surface area (Å²) in [6, 6.07) is 7.58. The van der Waals surface area contributed by atoms with Crippen LogP contribution in [-0.2, 0) is 4.79 Å². The molecule has 6 N–H and O–H groups in total. The first-order chi connectivity index (χ1) is 18.4. The molecule has 1 saturated carbocycles. The summed E-state index contributed by atoms with van der Waals surface area (Å²) in [5, 5.41) is 23.7. The highest BCUT2D eigenvalue weighted by molar-refractivity contribution is 5.92. The number of pyridine rings is 1. The van der Waals surface area contributed by atoms with Crippen molar-refractivity contribution in [1.29, 1.82) is 0 Å². The minimum atomic E-state index is -0.333. The van der Waals surface area contributed by atoms with Crippen LogP contribution >= 0.6 is 0 Å². The molecule has 200 valence electrons. The fourth-order valence-electron chi connectivity index (χ4n) is 6.30. The number of nitrogens with two attached hydrogens (primary N) is 1. The first-order valence-corrected chi connectivity index (χ1v) is 13.3. The maximum absolute atomic E-state index is 12.2. The number of benzene rings is 1. The second-order valence-corrected chi connectivity index (χ2v) is 10.8. The number of hydrogen-bond donors (Lipinski definition) is 5. The van der Waals surface area contributed by atoms with Crippen molar-refractivity contribution in [3.8, 4) is 22.9 Å². The number of allylic oxidation sites excluding steroid dienone is 1. The van der Waals surface area contributed by atoms with Gasteiger partial charge in [0.15, 0.2) is 11.4 Å². The number of likely N-dealkylation sites (tertiary alicyclic amines) is 1.